The molecule has 0 aliphatic carbocycles. The van der Waals surface area contributed by atoms with E-state index in [0.717, 1.165) is 5.56 Å². The van der Waals surface area contributed by atoms with E-state index in [2.05, 4.69) is 30.8 Å². The largest absolute Gasteiger partial charge is 0.325 e. The smallest absolute Gasteiger partial charge is 0.241 e. The van der Waals surface area contributed by atoms with Crippen LogP contribution in [0, 0.1) is 5.41 Å². The van der Waals surface area contributed by atoms with Crippen molar-refractivity contribution >= 4 is 21.6 Å². The van der Waals surface area contributed by atoms with Gasteiger partial charge in [0.05, 0.1) is 10.8 Å². The van der Waals surface area contributed by atoms with Crippen LogP contribution in [0.15, 0.2) is 23.1 Å². The first-order chi connectivity index (χ1) is 10.3. The van der Waals surface area contributed by atoms with Crippen LogP contribution >= 0.6 is 0 Å². The first-order valence-corrected chi connectivity index (χ1v) is 9.28. The molecule has 1 heterocycles. The van der Waals surface area contributed by atoms with Crippen LogP contribution in [-0.4, -0.2) is 19.9 Å². The van der Waals surface area contributed by atoms with Gasteiger partial charge in [0.25, 0.3) is 0 Å². The van der Waals surface area contributed by atoms with Gasteiger partial charge in [0.15, 0.2) is 0 Å². The van der Waals surface area contributed by atoms with Crippen molar-refractivity contribution in [3.63, 3.8) is 0 Å². The van der Waals surface area contributed by atoms with Crippen molar-refractivity contribution in [2.24, 2.45) is 5.41 Å². The molecular formula is C17H26N2O3S. The molecule has 128 valence electrons. The molecule has 5 nitrogen and oxygen atoms in total. The molecule has 0 radical (unpaired) electrons. The molecule has 0 bridgehead atoms. The number of benzene rings is 1. The summed E-state index contributed by atoms with van der Waals surface area (Å²) in [7, 11) is -3.64. The Bertz CT molecular complexity index is 731. The van der Waals surface area contributed by atoms with Gasteiger partial charge in [0.2, 0.25) is 15.9 Å². The third-order valence-corrected chi connectivity index (χ3v) is 5.53. The Morgan fingerprint density at radius 2 is 1.78 bits per heavy atom. The molecule has 1 atom stereocenters. The molecular weight excluding hydrogens is 312 g/mol. The minimum Gasteiger partial charge on any atom is -0.325 e. The molecule has 1 amide bonds. The van der Waals surface area contributed by atoms with Crippen LogP contribution in [0.5, 0.6) is 0 Å². The number of hydrogen-bond donors (Lipinski definition) is 2. The Morgan fingerprint density at radius 3 is 2.35 bits per heavy atom. The fourth-order valence-electron chi connectivity index (χ4n) is 3.35. The normalized spacial score (nSPS) is 18.7. The molecule has 1 aromatic rings. The highest BCUT2D eigenvalue weighted by Crippen LogP contribution is 2.34. The van der Waals surface area contributed by atoms with E-state index < -0.39 is 15.6 Å². The minimum absolute atomic E-state index is 0.00874. The van der Waals surface area contributed by atoms with Crippen LogP contribution in [0.1, 0.15) is 59.4 Å². The van der Waals surface area contributed by atoms with Gasteiger partial charge in [0.1, 0.15) is 0 Å². The molecule has 2 rings (SSSR count). The highest BCUT2D eigenvalue weighted by molar-refractivity contribution is 7.89. The zero-order valence-electron chi connectivity index (χ0n) is 14.6. The number of anilines is 1. The van der Waals surface area contributed by atoms with Crippen molar-refractivity contribution in [3.05, 3.63) is 23.8 Å². The number of fused-ring (bicyclic) bond motifs is 1. The van der Waals surface area contributed by atoms with Crippen LogP contribution in [0.3, 0.4) is 0 Å². The average molecular weight is 338 g/mol. The Morgan fingerprint density at radius 1 is 1.17 bits per heavy atom. The summed E-state index contributed by atoms with van der Waals surface area (Å²) in [6.45, 7) is 11.8. The summed E-state index contributed by atoms with van der Waals surface area (Å²) in [6, 6.07) is 4.78. The number of carbonyl (C=O) groups is 1. The zero-order chi connectivity index (χ0) is 17.6. The maximum Gasteiger partial charge on any atom is 0.241 e. The Balaban J connectivity index is 2.30. The molecule has 0 saturated heterocycles. The van der Waals surface area contributed by atoms with Gasteiger partial charge in [0, 0.05) is 11.2 Å². The molecule has 23 heavy (non-hydrogen) atoms. The molecule has 2 N–H and O–H groups in total. The van der Waals surface area contributed by atoms with Gasteiger partial charge < -0.3 is 5.32 Å². The molecule has 0 saturated carbocycles. The zero-order valence-corrected chi connectivity index (χ0v) is 15.5. The molecule has 1 aromatic carbocycles. The van der Waals surface area contributed by atoms with E-state index in [0.29, 0.717) is 12.1 Å². The van der Waals surface area contributed by atoms with Crippen molar-refractivity contribution in [2.45, 2.75) is 64.3 Å². The number of nitrogens with one attached hydrogen (secondary N) is 2. The standard InChI is InChI=1S/C17H26N2O3S/c1-11-13-9-12(7-8-14(13)18-15(11)20)23(21,22)19-17(5,6)10-16(2,3)4/h7-9,11,19H,10H2,1-6H3,(H,18,20)/t11-/m1/s1. The summed E-state index contributed by atoms with van der Waals surface area (Å²) in [5, 5.41) is 2.75. The first-order valence-electron chi connectivity index (χ1n) is 7.80. The first kappa shape index (κ1) is 17.9. The van der Waals surface area contributed by atoms with Gasteiger partial charge in [-0.1, -0.05) is 20.8 Å². The quantitative estimate of drug-likeness (QED) is 0.885. The predicted octanol–water partition coefficient (Wildman–Crippen LogP) is 3.24. The van der Waals surface area contributed by atoms with E-state index in [1.807, 2.05) is 13.8 Å². The highest BCUT2D eigenvalue weighted by Gasteiger charge is 2.32. The lowest BCUT2D eigenvalue weighted by atomic mass is 9.82. The highest BCUT2D eigenvalue weighted by atomic mass is 32.2. The minimum atomic E-state index is -3.64. The second-order valence-electron chi connectivity index (χ2n) is 8.19. The molecule has 0 unspecified atom stereocenters. The number of rotatable bonds is 4. The Hall–Kier alpha value is -1.40. The van der Waals surface area contributed by atoms with Crippen LogP contribution in [-0.2, 0) is 14.8 Å². The SMILES string of the molecule is C[C@H]1C(=O)Nc2ccc(S(=O)(=O)NC(C)(C)CC(C)(C)C)cc21. The summed E-state index contributed by atoms with van der Waals surface area (Å²) in [5.41, 5.74) is 0.867. The van der Waals surface area contributed by atoms with E-state index in [1.54, 1.807) is 19.1 Å². The summed E-state index contributed by atoms with van der Waals surface area (Å²) in [6.07, 6.45) is 0.709. The molecule has 0 aromatic heterocycles. The summed E-state index contributed by atoms with van der Waals surface area (Å²) >= 11 is 0. The van der Waals surface area contributed by atoms with Crippen molar-refractivity contribution < 1.29 is 13.2 Å². The number of hydrogen-bond acceptors (Lipinski definition) is 3. The van der Waals surface area contributed by atoms with Gasteiger partial charge >= 0.3 is 0 Å². The van der Waals surface area contributed by atoms with E-state index >= 15 is 0 Å². The third kappa shape index (κ3) is 4.12. The van der Waals surface area contributed by atoms with E-state index in [9.17, 15) is 13.2 Å². The number of amides is 1. The predicted molar refractivity (Wildman–Crippen MR) is 92.0 cm³/mol. The fourth-order valence-corrected chi connectivity index (χ4v) is 4.79. The monoisotopic (exact) mass is 338 g/mol. The van der Waals surface area contributed by atoms with Gasteiger partial charge in [-0.05, 0) is 56.4 Å². The maximum absolute atomic E-state index is 12.7. The fraction of sp³-hybridized carbons (Fsp3) is 0.588. The summed E-state index contributed by atoms with van der Waals surface area (Å²) < 4.78 is 28.2. The van der Waals surface area contributed by atoms with Crippen LogP contribution in [0.2, 0.25) is 0 Å². The number of sulfonamides is 1. The van der Waals surface area contributed by atoms with Gasteiger partial charge in [-0.15, -0.1) is 0 Å². The van der Waals surface area contributed by atoms with Crippen molar-refractivity contribution in [2.75, 3.05) is 5.32 Å². The van der Waals surface area contributed by atoms with Crippen molar-refractivity contribution in [1.29, 1.82) is 0 Å². The topological polar surface area (TPSA) is 75.3 Å². The van der Waals surface area contributed by atoms with Crippen molar-refractivity contribution in [3.8, 4) is 0 Å². The maximum atomic E-state index is 12.7. The lowest BCUT2D eigenvalue weighted by Crippen LogP contribution is -2.45. The third-order valence-electron chi connectivity index (χ3n) is 3.83. The van der Waals surface area contributed by atoms with Crippen LogP contribution in [0.4, 0.5) is 5.69 Å². The lowest BCUT2D eigenvalue weighted by Gasteiger charge is -2.33. The molecule has 6 heteroatoms. The summed E-state index contributed by atoms with van der Waals surface area (Å²) in [5.74, 6) is -0.432. The van der Waals surface area contributed by atoms with Gasteiger partial charge in [-0.25, -0.2) is 13.1 Å². The number of carbonyl (C=O) groups excluding carboxylic acids is 1. The van der Waals surface area contributed by atoms with E-state index in [1.165, 1.54) is 6.07 Å². The second kappa shape index (κ2) is 5.60. The molecule has 1 aliphatic heterocycles. The molecule has 0 fully saturated rings. The second-order valence-corrected chi connectivity index (χ2v) is 9.87. The van der Waals surface area contributed by atoms with E-state index in [-0.39, 0.29) is 22.1 Å². The van der Waals surface area contributed by atoms with E-state index in [4.69, 9.17) is 0 Å². The Kier molecular flexibility index (Phi) is 4.37. The molecule has 0 spiro atoms. The van der Waals surface area contributed by atoms with Crippen LogP contribution in [0.25, 0.3) is 0 Å². The average Bonchev–Trinajstić information content (AvgIpc) is 2.60. The van der Waals surface area contributed by atoms with Crippen molar-refractivity contribution in [1.82, 2.24) is 4.72 Å². The summed E-state index contributed by atoms with van der Waals surface area (Å²) in [4.78, 5) is 11.9. The lowest BCUT2D eigenvalue weighted by molar-refractivity contribution is -0.116. The van der Waals surface area contributed by atoms with Gasteiger partial charge in [-0.3, -0.25) is 4.79 Å². The molecule has 1 aliphatic rings. The van der Waals surface area contributed by atoms with Gasteiger partial charge in [-0.2, -0.15) is 0 Å². The Labute approximate surface area is 138 Å². The van der Waals surface area contributed by atoms with Crippen LogP contribution < -0.4 is 10.0 Å².